The molecule has 0 aromatic heterocycles. The van der Waals surface area contributed by atoms with Gasteiger partial charge in [0.25, 0.3) is 0 Å². The molecule has 0 heterocycles. The molecule has 50 valence electrons. The van der Waals surface area contributed by atoms with Crippen molar-refractivity contribution in [2.75, 3.05) is 0 Å². The highest BCUT2D eigenvalue weighted by Gasteiger charge is 2.00. The van der Waals surface area contributed by atoms with Crippen LogP contribution in [0.1, 0.15) is 6.92 Å². The third-order valence-electron chi connectivity index (χ3n) is 0.764. The van der Waals surface area contributed by atoms with Crippen LogP contribution in [0.5, 0.6) is 0 Å². The van der Waals surface area contributed by atoms with E-state index in [1.165, 1.54) is 6.92 Å². The van der Waals surface area contributed by atoms with Crippen LogP contribution >= 0.6 is 0 Å². The topological polar surface area (TPSA) is 0 Å². The largest absolute Gasteiger partial charge is 0.204 e. The van der Waals surface area contributed by atoms with Gasteiger partial charge in [0.2, 0.25) is 0 Å². The van der Waals surface area contributed by atoms with Crippen molar-refractivity contribution in [3.05, 3.63) is 36.5 Å². The van der Waals surface area contributed by atoms with Gasteiger partial charge >= 0.3 is 0 Å². The predicted molar refractivity (Wildman–Crippen MR) is 34.3 cm³/mol. The highest BCUT2D eigenvalue weighted by atomic mass is 19.2. The normalized spacial score (nSPS) is 12.3. The van der Waals surface area contributed by atoms with E-state index < -0.39 is 11.7 Å². The summed E-state index contributed by atoms with van der Waals surface area (Å²) in [5.74, 6) is -1.88. The Kier molecular flexibility index (Phi) is 2.85. The Hall–Kier alpha value is -0.920. The van der Waals surface area contributed by atoms with Crippen LogP contribution < -0.4 is 0 Å². The van der Waals surface area contributed by atoms with Crippen LogP contribution in [0.2, 0.25) is 0 Å². The number of rotatable bonds is 2. The molecule has 2 heteroatoms. The Morgan fingerprint density at radius 1 is 1.44 bits per heavy atom. The molecule has 0 saturated carbocycles. The number of allylic oxidation sites excluding steroid dienone is 4. The molecule has 0 unspecified atom stereocenters. The fraction of sp³-hybridized carbons (Fsp3) is 0.143. The summed E-state index contributed by atoms with van der Waals surface area (Å²) >= 11 is 0. The van der Waals surface area contributed by atoms with Gasteiger partial charge in [0.15, 0.2) is 11.7 Å². The second kappa shape index (κ2) is 3.17. The van der Waals surface area contributed by atoms with Crippen LogP contribution in [0.25, 0.3) is 0 Å². The lowest BCUT2D eigenvalue weighted by atomic mass is 10.3. The summed E-state index contributed by atoms with van der Waals surface area (Å²) in [5.41, 5.74) is 0.0763. The van der Waals surface area contributed by atoms with Crippen LogP contribution in [-0.4, -0.2) is 0 Å². The van der Waals surface area contributed by atoms with Crippen molar-refractivity contribution in [3.63, 3.8) is 0 Å². The van der Waals surface area contributed by atoms with Gasteiger partial charge in [0.1, 0.15) is 0 Å². The van der Waals surface area contributed by atoms with E-state index >= 15 is 0 Å². The number of hydrogen-bond donors (Lipinski definition) is 0. The molecule has 0 amide bonds. The molecule has 0 aromatic carbocycles. The second-order valence-electron chi connectivity index (χ2n) is 1.65. The first-order valence-electron chi connectivity index (χ1n) is 2.43. The van der Waals surface area contributed by atoms with E-state index in [2.05, 4.69) is 13.2 Å². The second-order valence-corrected chi connectivity index (χ2v) is 1.65. The summed E-state index contributed by atoms with van der Waals surface area (Å²) in [5, 5.41) is 0. The van der Waals surface area contributed by atoms with Crippen molar-refractivity contribution in [2.45, 2.75) is 6.92 Å². The standard InChI is InChI=1S/C7H8F2/c1-4-6(8)7(9)5(2)3/h4H,1-2H2,3H3/b7-6-. The van der Waals surface area contributed by atoms with Crippen molar-refractivity contribution in [1.29, 1.82) is 0 Å². The smallest absolute Gasteiger partial charge is 0.161 e. The summed E-state index contributed by atoms with van der Waals surface area (Å²) in [6, 6.07) is 0. The molecular weight excluding hydrogens is 122 g/mol. The van der Waals surface area contributed by atoms with Crippen LogP contribution in [0.4, 0.5) is 8.78 Å². The lowest BCUT2D eigenvalue weighted by Crippen LogP contribution is -1.76. The van der Waals surface area contributed by atoms with Crippen molar-refractivity contribution >= 4 is 0 Å². The zero-order valence-corrected chi connectivity index (χ0v) is 5.25. The molecule has 0 N–H and O–H groups in total. The first kappa shape index (κ1) is 8.08. The predicted octanol–water partition coefficient (Wildman–Crippen LogP) is 2.90. The summed E-state index contributed by atoms with van der Waals surface area (Å²) in [4.78, 5) is 0. The zero-order chi connectivity index (χ0) is 7.44. The van der Waals surface area contributed by atoms with Gasteiger partial charge in [-0.1, -0.05) is 13.2 Å². The van der Waals surface area contributed by atoms with Gasteiger partial charge in [-0.3, -0.25) is 0 Å². The van der Waals surface area contributed by atoms with E-state index in [4.69, 9.17) is 0 Å². The van der Waals surface area contributed by atoms with Gasteiger partial charge < -0.3 is 0 Å². The molecule has 0 radical (unpaired) electrons. The van der Waals surface area contributed by atoms with Gasteiger partial charge in [-0.05, 0) is 18.6 Å². The Bertz CT molecular complexity index is 166. The average Bonchev–Trinajstić information content (AvgIpc) is 1.84. The lowest BCUT2D eigenvalue weighted by molar-refractivity contribution is 0.565. The SMILES string of the molecule is C=C/C(F)=C(/F)C(=C)C. The summed E-state index contributed by atoms with van der Waals surface area (Å²) in [6.45, 7) is 7.64. The lowest BCUT2D eigenvalue weighted by Gasteiger charge is -1.91. The van der Waals surface area contributed by atoms with Gasteiger partial charge in [-0.2, -0.15) is 0 Å². The molecule has 0 aromatic rings. The molecule has 0 aliphatic rings. The molecule has 0 fully saturated rings. The number of hydrogen-bond acceptors (Lipinski definition) is 0. The Morgan fingerprint density at radius 3 is 2.00 bits per heavy atom. The Morgan fingerprint density at radius 2 is 1.89 bits per heavy atom. The molecule has 0 bridgehead atoms. The molecule has 9 heavy (non-hydrogen) atoms. The van der Waals surface area contributed by atoms with Crippen LogP contribution in [0.3, 0.4) is 0 Å². The van der Waals surface area contributed by atoms with Crippen LogP contribution in [-0.2, 0) is 0 Å². The first-order valence-corrected chi connectivity index (χ1v) is 2.43. The van der Waals surface area contributed by atoms with E-state index in [1.54, 1.807) is 0 Å². The monoisotopic (exact) mass is 130 g/mol. The van der Waals surface area contributed by atoms with E-state index in [-0.39, 0.29) is 5.57 Å². The van der Waals surface area contributed by atoms with Gasteiger partial charge in [-0.15, -0.1) is 0 Å². The molecule has 0 rings (SSSR count). The van der Waals surface area contributed by atoms with Gasteiger partial charge in [-0.25, -0.2) is 8.78 Å². The fourth-order valence-corrected chi connectivity index (χ4v) is 0.293. The van der Waals surface area contributed by atoms with Gasteiger partial charge in [0.05, 0.1) is 0 Å². The molecule has 0 saturated heterocycles. The summed E-state index contributed by atoms with van der Waals surface area (Å²) < 4.78 is 24.4. The maximum absolute atomic E-state index is 12.3. The first-order chi connectivity index (χ1) is 4.09. The molecule has 0 spiro atoms. The van der Waals surface area contributed by atoms with E-state index in [0.29, 0.717) is 0 Å². The minimum atomic E-state index is -0.956. The van der Waals surface area contributed by atoms with Crippen LogP contribution in [0.15, 0.2) is 36.5 Å². The highest BCUT2D eigenvalue weighted by Crippen LogP contribution is 2.15. The number of halogens is 2. The third-order valence-corrected chi connectivity index (χ3v) is 0.764. The summed E-state index contributed by atoms with van der Waals surface area (Å²) in [7, 11) is 0. The van der Waals surface area contributed by atoms with E-state index in [9.17, 15) is 8.78 Å². The van der Waals surface area contributed by atoms with Crippen LogP contribution in [0, 0.1) is 0 Å². The maximum atomic E-state index is 12.3. The molecule has 0 atom stereocenters. The van der Waals surface area contributed by atoms with E-state index in [1.807, 2.05) is 0 Å². The maximum Gasteiger partial charge on any atom is 0.161 e. The minimum Gasteiger partial charge on any atom is -0.204 e. The quantitative estimate of drug-likeness (QED) is 0.504. The fourth-order valence-electron chi connectivity index (χ4n) is 0.293. The third kappa shape index (κ3) is 2.22. The minimum absolute atomic E-state index is 0.0763. The van der Waals surface area contributed by atoms with Crippen molar-refractivity contribution in [3.8, 4) is 0 Å². The molecule has 0 nitrogen and oxygen atoms in total. The molecule has 0 aliphatic heterocycles. The Balaban J connectivity index is 4.47. The highest BCUT2D eigenvalue weighted by molar-refractivity contribution is 5.27. The summed E-state index contributed by atoms with van der Waals surface area (Å²) in [6.07, 6.45) is 0.810. The van der Waals surface area contributed by atoms with Gasteiger partial charge in [0, 0.05) is 0 Å². The van der Waals surface area contributed by atoms with Crippen molar-refractivity contribution in [1.82, 2.24) is 0 Å². The van der Waals surface area contributed by atoms with Crippen molar-refractivity contribution in [2.24, 2.45) is 0 Å². The van der Waals surface area contributed by atoms with Crippen molar-refractivity contribution < 1.29 is 8.78 Å². The van der Waals surface area contributed by atoms with E-state index in [0.717, 1.165) is 6.08 Å². The zero-order valence-electron chi connectivity index (χ0n) is 5.25. The Labute approximate surface area is 53.2 Å². The molecule has 0 aliphatic carbocycles. The average molecular weight is 130 g/mol. The molecular formula is C7H8F2.